The Labute approximate surface area is 210 Å². The number of fused-ring (bicyclic) bond motifs is 2. The molecule has 3 heterocycles. The summed E-state index contributed by atoms with van der Waals surface area (Å²) in [4.78, 5) is 33.7. The van der Waals surface area contributed by atoms with Crippen LogP contribution in [0.25, 0.3) is 21.9 Å². The average Bonchev–Trinajstić information content (AvgIpc) is 3.67. The molecule has 4 aromatic rings. The molecule has 0 unspecified atom stereocenters. The molecule has 1 aliphatic heterocycles. The van der Waals surface area contributed by atoms with E-state index in [1.54, 1.807) is 4.90 Å². The quantitative estimate of drug-likeness (QED) is 0.466. The van der Waals surface area contributed by atoms with Crippen LogP contribution in [-0.2, 0) is 7.05 Å². The SMILES string of the molecule is Cc1cccc2cnc(Nc3cc(N(C)C(=O)N4CCN(C)CC4)c4nc(C5CC5)n(C)c4c3)nc12. The lowest BCUT2D eigenvalue weighted by molar-refractivity contribution is 0.160. The highest BCUT2D eigenvalue weighted by Crippen LogP contribution is 2.42. The van der Waals surface area contributed by atoms with E-state index in [0.29, 0.717) is 11.9 Å². The van der Waals surface area contributed by atoms with E-state index in [0.717, 1.165) is 83.7 Å². The maximum Gasteiger partial charge on any atom is 0.324 e. The Morgan fingerprint density at radius 3 is 2.58 bits per heavy atom. The molecule has 6 rings (SSSR count). The lowest BCUT2D eigenvalue weighted by atomic mass is 10.1. The topological polar surface area (TPSA) is 82.4 Å². The Morgan fingerprint density at radius 2 is 1.83 bits per heavy atom. The first-order valence-corrected chi connectivity index (χ1v) is 12.6. The molecule has 9 heteroatoms. The Bertz CT molecular complexity index is 1470. The molecule has 9 nitrogen and oxygen atoms in total. The maximum absolute atomic E-state index is 13.5. The zero-order valence-electron chi connectivity index (χ0n) is 21.3. The average molecular weight is 485 g/mol. The molecule has 2 aromatic heterocycles. The number of likely N-dealkylation sites (N-methyl/N-ethyl adjacent to an activating group) is 1. The fourth-order valence-electron chi connectivity index (χ4n) is 5.03. The monoisotopic (exact) mass is 484 g/mol. The summed E-state index contributed by atoms with van der Waals surface area (Å²) >= 11 is 0. The van der Waals surface area contributed by atoms with E-state index in [2.05, 4.69) is 52.9 Å². The van der Waals surface area contributed by atoms with Gasteiger partial charge < -0.3 is 19.7 Å². The number of benzene rings is 2. The van der Waals surface area contributed by atoms with Crippen LogP contribution in [0.4, 0.5) is 22.1 Å². The van der Waals surface area contributed by atoms with Gasteiger partial charge in [-0.25, -0.2) is 19.7 Å². The molecule has 2 aromatic carbocycles. The number of para-hydroxylation sites is 1. The Balaban J connectivity index is 1.40. The molecular weight excluding hydrogens is 452 g/mol. The molecule has 1 aliphatic carbocycles. The van der Waals surface area contributed by atoms with E-state index in [1.807, 2.05) is 36.3 Å². The van der Waals surface area contributed by atoms with Crippen LogP contribution in [0.15, 0.2) is 36.5 Å². The van der Waals surface area contributed by atoms with Crippen molar-refractivity contribution in [2.45, 2.75) is 25.7 Å². The molecule has 2 fully saturated rings. The third-order valence-corrected chi connectivity index (χ3v) is 7.43. The minimum absolute atomic E-state index is 0.00208. The number of anilines is 3. The van der Waals surface area contributed by atoms with Crippen LogP contribution in [0.5, 0.6) is 0 Å². The lowest BCUT2D eigenvalue weighted by Gasteiger charge is -2.35. The summed E-state index contributed by atoms with van der Waals surface area (Å²) < 4.78 is 2.17. The fraction of sp³-hybridized carbons (Fsp3) is 0.407. The number of aromatic nitrogens is 4. The smallest absolute Gasteiger partial charge is 0.324 e. The number of urea groups is 1. The van der Waals surface area contributed by atoms with E-state index >= 15 is 0 Å². The van der Waals surface area contributed by atoms with Gasteiger partial charge in [-0.15, -0.1) is 0 Å². The Hall–Kier alpha value is -3.72. The van der Waals surface area contributed by atoms with E-state index in [-0.39, 0.29) is 6.03 Å². The van der Waals surface area contributed by atoms with Gasteiger partial charge in [-0.2, -0.15) is 0 Å². The lowest BCUT2D eigenvalue weighted by Crippen LogP contribution is -2.51. The number of amides is 2. The number of hydrogen-bond donors (Lipinski definition) is 1. The number of carbonyl (C=O) groups is 1. The second-order valence-electron chi connectivity index (χ2n) is 10.1. The van der Waals surface area contributed by atoms with E-state index in [9.17, 15) is 4.79 Å². The predicted molar refractivity (Wildman–Crippen MR) is 143 cm³/mol. The largest absolute Gasteiger partial charge is 0.331 e. The van der Waals surface area contributed by atoms with Gasteiger partial charge in [-0.05, 0) is 44.5 Å². The van der Waals surface area contributed by atoms with Crippen molar-refractivity contribution in [2.75, 3.05) is 50.5 Å². The summed E-state index contributed by atoms with van der Waals surface area (Å²) in [7, 11) is 6.00. The second-order valence-corrected chi connectivity index (χ2v) is 10.1. The van der Waals surface area contributed by atoms with Gasteiger partial charge in [0, 0.05) is 63.5 Å². The number of imidazole rings is 1. The molecule has 1 saturated heterocycles. The number of piperazine rings is 1. The van der Waals surface area contributed by atoms with Crippen LogP contribution in [-0.4, -0.2) is 75.6 Å². The van der Waals surface area contributed by atoms with Crippen molar-refractivity contribution in [1.82, 2.24) is 29.3 Å². The number of nitrogens with one attached hydrogen (secondary N) is 1. The molecule has 1 N–H and O–H groups in total. The zero-order chi connectivity index (χ0) is 25.0. The maximum atomic E-state index is 13.5. The van der Waals surface area contributed by atoms with E-state index in [4.69, 9.17) is 9.97 Å². The molecule has 36 heavy (non-hydrogen) atoms. The fourth-order valence-corrected chi connectivity index (χ4v) is 5.03. The minimum Gasteiger partial charge on any atom is -0.331 e. The first-order valence-electron chi connectivity index (χ1n) is 12.6. The molecule has 2 aliphatic rings. The van der Waals surface area contributed by atoms with Crippen LogP contribution in [0, 0.1) is 6.92 Å². The van der Waals surface area contributed by atoms with Gasteiger partial charge in [0.05, 0.1) is 16.7 Å². The van der Waals surface area contributed by atoms with Gasteiger partial charge in [0.25, 0.3) is 0 Å². The number of carbonyl (C=O) groups excluding carboxylic acids is 1. The normalized spacial score (nSPS) is 16.6. The molecular formula is C27H32N8O. The van der Waals surface area contributed by atoms with Crippen molar-refractivity contribution >= 4 is 45.3 Å². The van der Waals surface area contributed by atoms with Gasteiger partial charge >= 0.3 is 6.03 Å². The van der Waals surface area contributed by atoms with Crippen molar-refractivity contribution < 1.29 is 4.79 Å². The third kappa shape index (κ3) is 4.03. The molecule has 1 saturated carbocycles. The molecule has 0 spiro atoms. The third-order valence-electron chi connectivity index (χ3n) is 7.43. The summed E-state index contributed by atoms with van der Waals surface area (Å²) in [6.07, 6.45) is 4.17. The first kappa shape index (κ1) is 22.7. The van der Waals surface area contributed by atoms with Crippen LogP contribution < -0.4 is 10.2 Å². The summed E-state index contributed by atoms with van der Waals surface area (Å²) in [5, 5.41) is 4.40. The number of aryl methyl sites for hydroxylation is 2. The van der Waals surface area contributed by atoms with Gasteiger partial charge in [0.1, 0.15) is 11.3 Å². The zero-order valence-corrected chi connectivity index (χ0v) is 21.3. The molecule has 0 bridgehead atoms. The predicted octanol–water partition coefficient (Wildman–Crippen LogP) is 4.25. The highest BCUT2D eigenvalue weighted by atomic mass is 16.2. The van der Waals surface area contributed by atoms with Gasteiger partial charge in [0.15, 0.2) is 0 Å². The standard InChI is InChI=1S/C27H32N8O/c1-17-6-5-7-19-16-28-26(31-23(17)19)29-20-14-21-24(30-25(33(21)3)18-8-9-18)22(15-20)34(4)27(36)35-12-10-32(2)11-13-35/h5-7,14-16,18H,8-13H2,1-4H3,(H,28,29,31). The van der Waals surface area contributed by atoms with Crippen molar-refractivity contribution in [2.24, 2.45) is 7.05 Å². The summed E-state index contributed by atoms with van der Waals surface area (Å²) in [6, 6.07) is 10.2. The van der Waals surface area contributed by atoms with E-state index < -0.39 is 0 Å². The second kappa shape index (κ2) is 8.74. The van der Waals surface area contributed by atoms with Gasteiger partial charge in [-0.1, -0.05) is 18.2 Å². The molecule has 2 amide bonds. The van der Waals surface area contributed by atoms with Gasteiger partial charge in [-0.3, -0.25) is 4.90 Å². The summed E-state index contributed by atoms with van der Waals surface area (Å²) in [6.45, 7) is 5.26. The van der Waals surface area contributed by atoms with Crippen molar-refractivity contribution in [3.8, 4) is 0 Å². The van der Waals surface area contributed by atoms with Crippen molar-refractivity contribution in [3.63, 3.8) is 0 Å². The Kier molecular flexibility index (Phi) is 5.52. The summed E-state index contributed by atoms with van der Waals surface area (Å²) in [5.41, 5.74) is 5.49. The molecule has 186 valence electrons. The molecule has 0 atom stereocenters. The minimum atomic E-state index is -0.00208. The van der Waals surface area contributed by atoms with Crippen LogP contribution >= 0.6 is 0 Å². The summed E-state index contributed by atoms with van der Waals surface area (Å²) in [5.74, 6) is 2.11. The first-order chi connectivity index (χ1) is 17.4. The number of hydrogen-bond acceptors (Lipinski definition) is 6. The van der Waals surface area contributed by atoms with Crippen molar-refractivity contribution in [3.05, 3.63) is 47.9 Å². The highest BCUT2D eigenvalue weighted by Gasteiger charge is 2.31. The molecule has 0 radical (unpaired) electrons. The number of rotatable bonds is 4. The van der Waals surface area contributed by atoms with Crippen LogP contribution in [0.3, 0.4) is 0 Å². The Morgan fingerprint density at radius 1 is 1.06 bits per heavy atom. The van der Waals surface area contributed by atoms with E-state index in [1.165, 1.54) is 0 Å². The van der Waals surface area contributed by atoms with Crippen LogP contribution in [0.1, 0.15) is 30.1 Å². The van der Waals surface area contributed by atoms with Gasteiger partial charge in [0.2, 0.25) is 5.95 Å². The number of nitrogens with zero attached hydrogens (tertiary/aromatic N) is 7. The van der Waals surface area contributed by atoms with Crippen molar-refractivity contribution in [1.29, 1.82) is 0 Å². The highest BCUT2D eigenvalue weighted by molar-refractivity contribution is 6.02. The van der Waals surface area contributed by atoms with Crippen LogP contribution in [0.2, 0.25) is 0 Å².